The van der Waals surface area contributed by atoms with E-state index in [0.717, 1.165) is 22.6 Å². The number of ether oxygens (including phenoxy) is 1. The highest BCUT2D eigenvalue weighted by Gasteiger charge is 2.09. The Bertz CT molecular complexity index is 1130. The molecule has 0 unspecified atom stereocenters. The van der Waals surface area contributed by atoms with Gasteiger partial charge in [0.2, 0.25) is 0 Å². The number of benzene rings is 2. The predicted molar refractivity (Wildman–Crippen MR) is 124 cm³/mol. The van der Waals surface area contributed by atoms with Gasteiger partial charge in [0.25, 0.3) is 0 Å². The molecule has 0 bridgehead atoms. The second-order valence-corrected chi connectivity index (χ2v) is 7.18. The number of hydrogen-bond acceptors (Lipinski definition) is 5. The van der Waals surface area contributed by atoms with Crippen molar-refractivity contribution in [2.75, 3.05) is 12.4 Å². The van der Waals surface area contributed by atoms with Gasteiger partial charge in [-0.25, -0.2) is 9.98 Å². The summed E-state index contributed by atoms with van der Waals surface area (Å²) in [6, 6.07) is 10.9. The number of aryl methyl sites for hydroxylation is 1. The zero-order chi connectivity index (χ0) is 21.7. The smallest absolute Gasteiger partial charge is 0.144 e. The van der Waals surface area contributed by atoms with Crippen LogP contribution in [0.1, 0.15) is 11.3 Å². The Balaban J connectivity index is 1.85. The lowest BCUT2D eigenvalue weighted by Crippen LogP contribution is -2.04. The number of nitrogens with zero attached hydrogens (tertiary/aromatic N) is 3. The Morgan fingerprint density at radius 1 is 1.23 bits per heavy atom. The van der Waals surface area contributed by atoms with Gasteiger partial charge in [-0.1, -0.05) is 35.8 Å². The normalized spacial score (nSPS) is 11.7. The van der Waals surface area contributed by atoms with Crippen LogP contribution in [0.2, 0.25) is 10.0 Å². The van der Waals surface area contributed by atoms with Gasteiger partial charge in [-0.2, -0.15) is 0 Å². The van der Waals surface area contributed by atoms with Crippen molar-refractivity contribution < 1.29 is 4.74 Å². The topological polar surface area (TPSA) is 77.5 Å². The number of nitrogens with one attached hydrogen (secondary N) is 1. The number of hydrogen-bond donors (Lipinski definition) is 2. The number of methoxy groups -OCH3 is 1. The largest absolute Gasteiger partial charge is 0.494 e. The molecule has 0 fully saturated rings. The molecule has 0 radical (unpaired) electrons. The number of halogens is 2. The number of anilines is 1. The highest BCUT2D eigenvalue weighted by molar-refractivity contribution is 6.42. The van der Waals surface area contributed by atoms with Gasteiger partial charge in [-0.15, -0.1) is 0 Å². The summed E-state index contributed by atoms with van der Waals surface area (Å²) < 4.78 is 7.44. The Kier molecular flexibility index (Phi) is 6.82. The Hall–Kier alpha value is -3.22. The highest BCUT2D eigenvalue weighted by Crippen LogP contribution is 2.28. The average Bonchev–Trinajstić information content (AvgIpc) is 3.15. The first-order valence-corrected chi connectivity index (χ1v) is 9.74. The maximum atomic E-state index is 6.12. The molecule has 0 aliphatic rings. The standard InChI is InChI=1S/C22H21Cl2N5O/c1-14-12-29(13-26-14)21-7-5-17(11-22(21)30-3)27-15(2)28-20(8-9-25)16-4-6-18(23)19(24)10-16/h4-13,27H,2,25H2,1,3H3/b9-8-,28-20+. The van der Waals surface area contributed by atoms with E-state index in [1.165, 1.54) is 6.20 Å². The number of aromatic nitrogens is 2. The molecule has 8 heteroatoms. The van der Waals surface area contributed by atoms with Crippen molar-refractivity contribution in [1.29, 1.82) is 0 Å². The van der Waals surface area contributed by atoms with Gasteiger partial charge in [0.1, 0.15) is 11.6 Å². The van der Waals surface area contributed by atoms with Crippen molar-refractivity contribution in [2.45, 2.75) is 6.92 Å². The van der Waals surface area contributed by atoms with E-state index in [-0.39, 0.29) is 0 Å². The first kappa shape index (κ1) is 21.5. The number of rotatable bonds is 7. The second kappa shape index (κ2) is 9.52. The van der Waals surface area contributed by atoms with Crippen LogP contribution >= 0.6 is 23.2 Å². The average molecular weight is 442 g/mol. The maximum Gasteiger partial charge on any atom is 0.144 e. The summed E-state index contributed by atoms with van der Waals surface area (Å²) in [6.07, 6.45) is 6.74. The minimum absolute atomic E-state index is 0.419. The zero-order valence-corrected chi connectivity index (χ0v) is 18.1. The van der Waals surface area contributed by atoms with E-state index in [2.05, 4.69) is 21.9 Å². The molecule has 0 amide bonds. The van der Waals surface area contributed by atoms with E-state index in [1.54, 1.807) is 31.6 Å². The van der Waals surface area contributed by atoms with Crippen LogP contribution in [0.5, 0.6) is 5.75 Å². The van der Waals surface area contributed by atoms with E-state index in [1.807, 2.05) is 42.0 Å². The lowest BCUT2D eigenvalue weighted by atomic mass is 10.1. The fourth-order valence-corrected chi connectivity index (χ4v) is 3.10. The van der Waals surface area contributed by atoms with Gasteiger partial charge in [0, 0.05) is 23.5 Å². The molecule has 0 aliphatic carbocycles. The van der Waals surface area contributed by atoms with Crippen LogP contribution in [0.3, 0.4) is 0 Å². The van der Waals surface area contributed by atoms with Gasteiger partial charge in [0.15, 0.2) is 0 Å². The molecule has 0 atom stereocenters. The number of imidazole rings is 1. The maximum absolute atomic E-state index is 6.12. The summed E-state index contributed by atoms with van der Waals surface area (Å²) in [5.74, 6) is 1.10. The molecular weight excluding hydrogens is 421 g/mol. The van der Waals surface area contributed by atoms with E-state index in [0.29, 0.717) is 27.3 Å². The second-order valence-electron chi connectivity index (χ2n) is 6.37. The first-order chi connectivity index (χ1) is 14.4. The molecule has 2 aromatic carbocycles. The van der Waals surface area contributed by atoms with Crippen LogP contribution in [-0.4, -0.2) is 22.4 Å². The van der Waals surface area contributed by atoms with Gasteiger partial charge < -0.3 is 20.4 Å². The van der Waals surface area contributed by atoms with Gasteiger partial charge in [0.05, 0.1) is 40.6 Å². The van der Waals surface area contributed by atoms with E-state index in [9.17, 15) is 0 Å². The molecule has 1 heterocycles. The Morgan fingerprint density at radius 3 is 2.67 bits per heavy atom. The third kappa shape index (κ3) is 5.03. The van der Waals surface area contributed by atoms with Crippen molar-refractivity contribution in [3.63, 3.8) is 0 Å². The van der Waals surface area contributed by atoms with Crippen molar-refractivity contribution in [1.82, 2.24) is 9.55 Å². The molecule has 3 aromatic rings. The zero-order valence-electron chi connectivity index (χ0n) is 16.6. The molecule has 0 saturated heterocycles. The quantitative estimate of drug-likeness (QED) is 0.484. The number of nitrogens with two attached hydrogens (primary N) is 1. The Morgan fingerprint density at radius 2 is 2.03 bits per heavy atom. The van der Waals surface area contributed by atoms with Gasteiger partial charge >= 0.3 is 0 Å². The molecule has 6 nitrogen and oxygen atoms in total. The van der Waals surface area contributed by atoms with Crippen molar-refractivity contribution in [2.24, 2.45) is 10.7 Å². The summed E-state index contributed by atoms with van der Waals surface area (Å²) in [5, 5.41) is 4.06. The fourth-order valence-electron chi connectivity index (χ4n) is 2.81. The molecule has 154 valence electrons. The Labute approximate surface area is 185 Å². The van der Waals surface area contributed by atoms with Gasteiger partial charge in [-0.3, -0.25) is 0 Å². The summed E-state index contributed by atoms with van der Waals surface area (Å²) >= 11 is 12.1. The predicted octanol–water partition coefficient (Wildman–Crippen LogP) is 5.34. The molecule has 1 aromatic heterocycles. The first-order valence-electron chi connectivity index (χ1n) is 8.98. The van der Waals surface area contributed by atoms with Crippen molar-refractivity contribution >= 4 is 34.6 Å². The SMILES string of the molecule is C=C(/N=C(\C=C/N)c1ccc(Cl)c(Cl)c1)Nc1ccc(-n2cnc(C)c2)c(OC)c1. The van der Waals surface area contributed by atoms with Crippen LogP contribution in [0, 0.1) is 6.92 Å². The lowest BCUT2D eigenvalue weighted by molar-refractivity contribution is 0.413. The molecule has 30 heavy (non-hydrogen) atoms. The van der Waals surface area contributed by atoms with Crippen molar-refractivity contribution in [3.05, 3.63) is 94.9 Å². The minimum Gasteiger partial charge on any atom is -0.494 e. The summed E-state index contributed by atoms with van der Waals surface area (Å²) in [4.78, 5) is 8.78. The molecule has 0 spiro atoms. The third-order valence-electron chi connectivity index (χ3n) is 4.18. The summed E-state index contributed by atoms with van der Waals surface area (Å²) in [6.45, 7) is 5.92. The van der Waals surface area contributed by atoms with Crippen molar-refractivity contribution in [3.8, 4) is 11.4 Å². The van der Waals surface area contributed by atoms with Crippen LogP contribution in [0.4, 0.5) is 5.69 Å². The van der Waals surface area contributed by atoms with Crippen LogP contribution < -0.4 is 15.8 Å². The summed E-state index contributed by atoms with van der Waals surface area (Å²) in [7, 11) is 1.62. The van der Waals surface area contributed by atoms with E-state index in [4.69, 9.17) is 33.7 Å². The molecule has 3 rings (SSSR count). The van der Waals surface area contributed by atoms with E-state index >= 15 is 0 Å². The van der Waals surface area contributed by atoms with E-state index < -0.39 is 0 Å². The number of aliphatic imine (C=N–C) groups is 1. The van der Waals surface area contributed by atoms with Crippen LogP contribution in [0.25, 0.3) is 5.69 Å². The fraction of sp³-hybridized carbons (Fsp3) is 0.0909. The van der Waals surface area contributed by atoms with Crippen LogP contribution in [-0.2, 0) is 0 Å². The molecule has 3 N–H and O–H groups in total. The highest BCUT2D eigenvalue weighted by atomic mass is 35.5. The minimum atomic E-state index is 0.419. The van der Waals surface area contributed by atoms with Crippen LogP contribution in [0.15, 0.2) is 78.6 Å². The lowest BCUT2D eigenvalue weighted by Gasteiger charge is -2.13. The number of allylic oxidation sites excluding steroid dienone is 1. The molecule has 0 saturated carbocycles. The third-order valence-corrected chi connectivity index (χ3v) is 4.92. The van der Waals surface area contributed by atoms with Gasteiger partial charge in [-0.05, 0) is 43.5 Å². The summed E-state index contributed by atoms with van der Waals surface area (Å²) in [5.41, 5.74) is 9.50. The molecule has 0 aliphatic heterocycles. The monoisotopic (exact) mass is 441 g/mol. The molecular formula is C22H21Cl2N5O.